The number of nitrogens with one attached hydrogen (secondary N) is 1. The molecule has 1 fully saturated rings. The van der Waals surface area contributed by atoms with E-state index in [0.29, 0.717) is 17.8 Å². The molecule has 25 heavy (non-hydrogen) atoms. The van der Waals surface area contributed by atoms with E-state index in [4.69, 9.17) is 4.74 Å². The zero-order chi connectivity index (χ0) is 18.0. The molecule has 1 N–H and O–H groups in total. The van der Waals surface area contributed by atoms with E-state index in [2.05, 4.69) is 25.8 Å². The molecule has 132 valence electrons. The molecule has 1 aliphatic heterocycles. The number of methoxy groups -OCH3 is 1. The summed E-state index contributed by atoms with van der Waals surface area (Å²) in [5.41, 5.74) is 2.16. The average Bonchev–Trinajstić information content (AvgIpc) is 3.07. The normalized spacial score (nSPS) is 17.5. The monoisotopic (exact) mass is 405 g/mol. The molecule has 1 aromatic heterocycles. The summed E-state index contributed by atoms with van der Waals surface area (Å²) < 4.78 is 5.59. The van der Waals surface area contributed by atoms with Crippen LogP contribution in [0.2, 0.25) is 0 Å². The highest BCUT2D eigenvalue weighted by Crippen LogP contribution is 2.22. The summed E-state index contributed by atoms with van der Waals surface area (Å²) in [5, 5.41) is 0. The molecule has 1 saturated heterocycles. The molecule has 0 saturated carbocycles. The summed E-state index contributed by atoms with van der Waals surface area (Å²) in [6.07, 6.45) is 1.76. The molecule has 7 heteroatoms. The van der Waals surface area contributed by atoms with Gasteiger partial charge in [-0.05, 0) is 53.2 Å². The van der Waals surface area contributed by atoms with Gasteiger partial charge in [-0.3, -0.25) is 4.79 Å². The Balaban J connectivity index is 1.67. The quantitative estimate of drug-likeness (QED) is 0.797. The number of carbonyl (C=O) groups excluding carboxylic acids is 2. The van der Waals surface area contributed by atoms with Crippen molar-refractivity contribution < 1.29 is 14.3 Å². The van der Waals surface area contributed by atoms with E-state index in [1.54, 1.807) is 24.4 Å². The molecule has 3 rings (SSSR count). The van der Waals surface area contributed by atoms with Gasteiger partial charge in [-0.2, -0.15) is 0 Å². The fraction of sp³-hybridized carbons (Fsp3) is 0.333. The van der Waals surface area contributed by atoms with E-state index in [1.807, 2.05) is 24.0 Å². The maximum Gasteiger partial charge on any atom is 0.337 e. The third kappa shape index (κ3) is 3.71. The highest BCUT2D eigenvalue weighted by Gasteiger charge is 2.29. The van der Waals surface area contributed by atoms with Crippen LogP contribution in [0, 0.1) is 0 Å². The van der Waals surface area contributed by atoms with Crippen LogP contribution in [0.5, 0.6) is 0 Å². The zero-order valence-corrected chi connectivity index (χ0v) is 15.7. The number of rotatable bonds is 3. The lowest BCUT2D eigenvalue weighted by molar-refractivity contribution is 0.0599. The van der Waals surface area contributed by atoms with Gasteiger partial charge < -0.3 is 19.5 Å². The first-order chi connectivity index (χ1) is 12.0. The molecule has 0 bridgehead atoms. The number of halogens is 1. The van der Waals surface area contributed by atoms with Gasteiger partial charge in [0, 0.05) is 42.0 Å². The number of esters is 1. The van der Waals surface area contributed by atoms with Gasteiger partial charge in [-0.15, -0.1) is 0 Å². The Bertz CT molecular complexity index is 772. The number of carbonyl (C=O) groups is 2. The Morgan fingerprint density at radius 2 is 1.96 bits per heavy atom. The summed E-state index contributed by atoms with van der Waals surface area (Å²) in [4.78, 5) is 31.2. The van der Waals surface area contributed by atoms with Gasteiger partial charge >= 0.3 is 5.97 Å². The Hall–Kier alpha value is -2.28. The molecule has 6 nitrogen and oxygen atoms in total. The number of benzene rings is 1. The summed E-state index contributed by atoms with van der Waals surface area (Å²) in [7, 11) is 1.37. The first kappa shape index (κ1) is 17.5. The minimum Gasteiger partial charge on any atom is -0.465 e. The Labute approximate surface area is 154 Å². The molecule has 2 aromatic rings. The number of anilines is 1. The largest absolute Gasteiger partial charge is 0.465 e. The number of ether oxygens (including phenoxy) is 1. The third-order valence-corrected chi connectivity index (χ3v) is 4.88. The number of H-pyrrole nitrogens is 1. The van der Waals surface area contributed by atoms with E-state index >= 15 is 0 Å². The summed E-state index contributed by atoms with van der Waals surface area (Å²) in [6.45, 7) is 4.18. The van der Waals surface area contributed by atoms with Crippen molar-refractivity contribution in [2.24, 2.45) is 0 Å². The van der Waals surface area contributed by atoms with Crippen LogP contribution in [0.3, 0.4) is 0 Å². The molecular weight excluding hydrogens is 386 g/mol. The lowest BCUT2D eigenvalue weighted by Gasteiger charge is -2.40. The standard InChI is InChI=1S/C18H20BrN3O3/c1-12-11-21(15-5-3-13(4-6-15)18(24)25-2)7-8-22(12)17(23)16-9-14(19)10-20-16/h3-6,9-10,12,20H,7-8,11H2,1-2H3/t12-/m1/s1. The number of aromatic nitrogens is 1. The van der Waals surface area contributed by atoms with Crippen LogP contribution < -0.4 is 4.90 Å². The van der Waals surface area contributed by atoms with Crippen molar-refractivity contribution in [3.63, 3.8) is 0 Å². The zero-order valence-electron chi connectivity index (χ0n) is 14.2. The molecular formula is C18H20BrN3O3. The highest BCUT2D eigenvalue weighted by molar-refractivity contribution is 9.10. The van der Waals surface area contributed by atoms with Crippen LogP contribution >= 0.6 is 15.9 Å². The van der Waals surface area contributed by atoms with Crippen LogP contribution in [0.1, 0.15) is 27.8 Å². The van der Waals surface area contributed by atoms with Gasteiger partial charge in [0.25, 0.3) is 5.91 Å². The second-order valence-corrected chi connectivity index (χ2v) is 6.98. The molecule has 1 amide bonds. The van der Waals surface area contributed by atoms with Crippen molar-refractivity contribution in [1.29, 1.82) is 0 Å². The molecule has 1 atom stereocenters. The van der Waals surface area contributed by atoms with Crippen molar-refractivity contribution in [1.82, 2.24) is 9.88 Å². The number of aromatic amines is 1. The van der Waals surface area contributed by atoms with E-state index in [0.717, 1.165) is 23.2 Å². The van der Waals surface area contributed by atoms with Crippen LogP contribution in [0.25, 0.3) is 0 Å². The van der Waals surface area contributed by atoms with Crippen molar-refractivity contribution in [3.05, 3.63) is 52.3 Å². The van der Waals surface area contributed by atoms with Crippen molar-refractivity contribution >= 4 is 33.5 Å². The number of piperazine rings is 1. The first-order valence-electron chi connectivity index (χ1n) is 8.08. The second kappa shape index (κ2) is 7.31. The lowest BCUT2D eigenvalue weighted by atomic mass is 10.1. The molecule has 2 heterocycles. The molecule has 1 aromatic carbocycles. The lowest BCUT2D eigenvalue weighted by Crippen LogP contribution is -2.54. The summed E-state index contributed by atoms with van der Waals surface area (Å²) >= 11 is 3.36. The smallest absolute Gasteiger partial charge is 0.337 e. The molecule has 1 aliphatic rings. The summed E-state index contributed by atoms with van der Waals surface area (Å²) in [6, 6.07) is 9.24. The average molecular weight is 406 g/mol. The van der Waals surface area contributed by atoms with Gasteiger partial charge in [0.2, 0.25) is 0 Å². The number of hydrogen-bond donors (Lipinski definition) is 1. The second-order valence-electron chi connectivity index (χ2n) is 6.06. The van der Waals surface area contributed by atoms with Gasteiger partial charge in [0.1, 0.15) is 5.69 Å². The fourth-order valence-corrected chi connectivity index (χ4v) is 3.41. The molecule has 0 aliphatic carbocycles. The SMILES string of the molecule is COC(=O)c1ccc(N2CCN(C(=O)c3cc(Br)c[nH]3)[C@H](C)C2)cc1. The van der Waals surface area contributed by atoms with Crippen molar-refractivity contribution in [3.8, 4) is 0 Å². The van der Waals surface area contributed by atoms with Crippen LogP contribution in [0.15, 0.2) is 41.0 Å². The van der Waals surface area contributed by atoms with E-state index in [-0.39, 0.29) is 17.9 Å². The van der Waals surface area contributed by atoms with Crippen LogP contribution in [-0.4, -0.2) is 54.5 Å². The Kier molecular flexibility index (Phi) is 5.13. The number of hydrogen-bond acceptors (Lipinski definition) is 4. The van der Waals surface area contributed by atoms with Gasteiger partial charge in [0.15, 0.2) is 0 Å². The Morgan fingerprint density at radius 1 is 1.24 bits per heavy atom. The molecule has 0 radical (unpaired) electrons. The van der Waals surface area contributed by atoms with Gasteiger partial charge in [0.05, 0.1) is 12.7 Å². The minimum absolute atomic E-state index is 0.0129. The minimum atomic E-state index is -0.340. The predicted octanol–water partition coefficient (Wildman–Crippen LogP) is 2.91. The van der Waals surface area contributed by atoms with Gasteiger partial charge in [-0.1, -0.05) is 0 Å². The summed E-state index contributed by atoms with van der Waals surface area (Å²) in [5.74, 6) is -0.327. The maximum absolute atomic E-state index is 12.6. The topological polar surface area (TPSA) is 65.6 Å². The van der Waals surface area contributed by atoms with Crippen molar-refractivity contribution in [2.45, 2.75) is 13.0 Å². The number of nitrogens with zero attached hydrogens (tertiary/aromatic N) is 2. The number of amides is 1. The Morgan fingerprint density at radius 3 is 2.52 bits per heavy atom. The third-order valence-electron chi connectivity index (χ3n) is 4.42. The van der Waals surface area contributed by atoms with E-state index in [1.165, 1.54) is 7.11 Å². The van der Waals surface area contributed by atoms with Gasteiger partial charge in [-0.25, -0.2) is 4.79 Å². The first-order valence-corrected chi connectivity index (χ1v) is 8.87. The van der Waals surface area contributed by atoms with E-state index < -0.39 is 0 Å². The molecule has 0 spiro atoms. The highest BCUT2D eigenvalue weighted by atomic mass is 79.9. The van der Waals surface area contributed by atoms with Crippen LogP contribution in [-0.2, 0) is 4.74 Å². The van der Waals surface area contributed by atoms with E-state index in [9.17, 15) is 9.59 Å². The van der Waals surface area contributed by atoms with Crippen molar-refractivity contribution in [2.75, 3.05) is 31.6 Å². The molecule has 0 unspecified atom stereocenters. The predicted molar refractivity (Wildman–Crippen MR) is 99.0 cm³/mol. The fourth-order valence-electron chi connectivity index (χ4n) is 3.07. The van der Waals surface area contributed by atoms with Crippen LogP contribution in [0.4, 0.5) is 5.69 Å². The maximum atomic E-state index is 12.6.